The Kier molecular flexibility index (Phi) is 8.62. The molecular formula is C27H30ClN3O5. The Morgan fingerprint density at radius 1 is 1.22 bits per heavy atom. The molecule has 0 saturated carbocycles. The van der Waals surface area contributed by atoms with Gasteiger partial charge in [0.1, 0.15) is 17.8 Å². The number of amides is 3. The van der Waals surface area contributed by atoms with Crippen molar-refractivity contribution in [3.63, 3.8) is 0 Å². The summed E-state index contributed by atoms with van der Waals surface area (Å²) in [6, 6.07) is 11.6. The average molecular weight is 512 g/mol. The molecule has 3 N–H and O–H groups in total. The van der Waals surface area contributed by atoms with Crippen LogP contribution in [-0.4, -0.2) is 52.6 Å². The Bertz CT molecular complexity index is 1160. The molecule has 36 heavy (non-hydrogen) atoms. The minimum Gasteiger partial charge on any atom is -0.410 e. The third-order valence-corrected chi connectivity index (χ3v) is 6.22. The minimum absolute atomic E-state index is 0.0312. The SMILES string of the molecule is C#Cc1ccc(CNC(=O)[C@@H]2C[C@@H](O)CN2C(=O)[C@@H](NC(=O)Oc2ccccc2)C(C)(C)C)c(Cl)c1. The number of aliphatic hydroxyl groups is 1. The number of nitrogens with one attached hydrogen (secondary N) is 2. The van der Waals surface area contributed by atoms with Gasteiger partial charge >= 0.3 is 6.09 Å². The van der Waals surface area contributed by atoms with E-state index in [1.165, 1.54) is 4.90 Å². The van der Waals surface area contributed by atoms with Crippen LogP contribution in [0.1, 0.15) is 38.3 Å². The molecule has 0 aliphatic carbocycles. The van der Waals surface area contributed by atoms with Crippen molar-refractivity contribution in [2.24, 2.45) is 5.41 Å². The second kappa shape index (κ2) is 11.5. The molecule has 1 aliphatic rings. The van der Waals surface area contributed by atoms with E-state index in [1.807, 2.05) is 0 Å². The molecule has 0 spiro atoms. The van der Waals surface area contributed by atoms with E-state index < -0.39 is 41.5 Å². The molecular weight excluding hydrogens is 482 g/mol. The normalized spacial score (nSPS) is 18.2. The molecule has 0 unspecified atom stereocenters. The van der Waals surface area contributed by atoms with Gasteiger partial charge in [-0.1, -0.05) is 62.6 Å². The molecule has 9 heteroatoms. The molecule has 1 aliphatic heterocycles. The third kappa shape index (κ3) is 6.78. The number of terminal acetylenes is 1. The second-order valence-corrected chi connectivity index (χ2v) is 10.1. The van der Waals surface area contributed by atoms with E-state index in [1.54, 1.807) is 69.3 Å². The summed E-state index contributed by atoms with van der Waals surface area (Å²) in [5.74, 6) is 1.91. The lowest BCUT2D eigenvalue weighted by Crippen LogP contribution is -2.58. The monoisotopic (exact) mass is 511 g/mol. The van der Waals surface area contributed by atoms with Crippen LogP contribution in [0.2, 0.25) is 5.02 Å². The van der Waals surface area contributed by atoms with Gasteiger partial charge in [-0.3, -0.25) is 9.59 Å². The molecule has 0 radical (unpaired) electrons. The molecule has 3 atom stereocenters. The van der Waals surface area contributed by atoms with Crippen molar-refractivity contribution >= 4 is 29.5 Å². The number of nitrogens with zero attached hydrogens (tertiary/aromatic N) is 1. The molecule has 0 bridgehead atoms. The van der Waals surface area contributed by atoms with Gasteiger partial charge in [0.2, 0.25) is 11.8 Å². The largest absolute Gasteiger partial charge is 0.413 e. The molecule has 1 fully saturated rings. The maximum atomic E-state index is 13.6. The van der Waals surface area contributed by atoms with E-state index in [4.69, 9.17) is 22.8 Å². The molecule has 1 heterocycles. The second-order valence-electron chi connectivity index (χ2n) is 9.71. The Hall–Kier alpha value is -3.54. The fourth-order valence-electron chi connectivity index (χ4n) is 3.94. The molecule has 1 saturated heterocycles. The Morgan fingerprint density at radius 2 is 1.92 bits per heavy atom. The summed E-state index contributed by atoms with van der Waals surface area (Å²) in [5.41, 5.74) is 0.587. The summed E-state index contributed by atoms with van der Waals surface area (Å²) in [6.45, 7) is 5.48. The highest BCUT2D eigenvalue weighted by Crippen LogP contribution is 2.27. The van der Waals surface area contributed by atoms with Gasteiger partial charge in [-0.25, -0.2) is 4.79 Å². The number of rotatable bonds is 6. The lowest BCUT2D eigenvalue weighted by atomic mass is 9.85. The number of likely N-dealkylation sites (tertiary alicyclic amines) is 1. The van der Waals surface area contributed by atoms with Gasteiger partial charge in [-0.2, -0.15) is 0 Å². The van der Waals surface area contributed by atoms with E-state index in [-0.39, 0.29) is 19.5 Å². The number of carbonyl (C=O) groups excluding carboxylic acids is 3. The van der Waals surface area contributed by atoms with Crippen molar-refractivity contribution in [3.05, 3.63) is 64.7 Å². The molecule has 190 valence electrons. The summed E-state index contributed by atoms with van der Waals surface area (Å²) < 4.78 is 5.29. The van der Waals surface area contributed by atoms with Crippen molar-refractivity contribution in [2.75, 3.05) is 6.54 Å². The Labute approximate surface area is 216 Å². The van der Waals surface area contributed by atoms with Gasteiger partial charge in [0.15, 0.2) is 0 Å². The van der Waals surface area contributed by atoms with Crippen molar-refractivity contribution in [2.45, 2.75) is 51.9 Å². The lowest BCUT2D eigenvalue weighted by Gasteiger charge is -2.35. The zero-order valence-electron chi connectivity index (χ0n) is 20.5. The summed E-state index contributed by atoms with van der Waals surface area (Å²) in [5, 5.41) is 16.1. The predicted octanol–water partition coefficient (Wildman–Crippen LogP) is 3.10. The maximum absolute atomic E-state index is 13.6. The highest BCUT2D eigenvalue weighted by atomic mass is 35.5. The predicted molar refractivity (Wildman–Crippen MR) is 136 cm³/mol. The van der Waals surface area contributed by atoms with Crippen LogP contribution in [0.3, 0.4) is 0 Å². The summed E-state index contributed by atoms with van der Waals surface area (Å²) in [6.07, 6.45) is 3.79. The lowest BCUT2D eigenvalue weighted by molar-refractivity contribution is -0.142. The highest BCUT2D eigenvalue weighted by Gasteiger charge is 2.44. The fourth-order valence-corrected chi connectivity index (χ4v) is 4.19. The van der Waals surface area contributed by atoms with E-state index in [9.17, 15) is 19.5 Å². The number of carbonyl (C=O) groups is 3. The molecule has 3 amide bonds. The standard InChI is InChI=1S/C27H30ClN3O5/c1-5-17-11-12-18(21(28)13-17)15-29-24(33)22-14-19(32)16-31(22)25(34)23(27(2,3)4)30-26(35)36-20-9-7-6-8-10-20/h1,6-13,19,22-23,32H,14-16H2,2-4H3,(H,29,33)(H,30,35)/t19-,22+,23-/m1/s1. The number of hydrogen-bond donors (Lipinski definition) is 3. The van der Waals surface area contributed by atoms with Gasteiger partial charge in [-0.05, 0) is 35.2 Å². The molecule has 0 aromatic heterocycles. The number of halogens is 1. The average Bonchev–Trinajstić information content (AvgIpc) is 3.22. The van der Waals surface area contributed by atoms with Crippen molar-refractivity contribution in [1.29, 1.82) is 0 Å². The number of ether oxygens (including phenoxy) is 1. The van der Waals surface area contributed by atoms with Crippen LogP contribution in [0.4, 0.5) is 4.79 Å². The van der Waals surface area contributed by atoms with Crippen LogP contribution in [0.15, 0.2) is 48.5 Å². The maximum Gasteiger partial charge on any atom is 0.413 e. The zero-order valence-corrected chi connectivity index (χ0v) is 21.2. The van der Waals surface area contributed by atoms with Gasteiger partial charge in [0.25, 0.3) is 0 Å². The first-order valence-corrected chi connectivity index (χ1v) is 11.9. The zero-order chi connectivity index (χ0) is 26.5. The number of β-amino-alcohol motifs (C(OH)–C–C–N with tert-alkyl or cyclic N) is 1. The first kappa shape index (κ1) is 27.1. The number of benzene rings is 2. The molecule has 2 aromatic carbocycles. The first-order valence-electron chi connectivity index (χ1n) is 11.5. The smallest absolute Gasteiger partial charge is 0.410 e. The van der Waals surface area contributed by atoms with E-state index >= 15 is 0 Å². The summed E-state index contributed by atoms with van der Waals surface area (Å²) >= 11 is 6.25. The summed E-state index contributed by atoms with van der Waals surface area (Å²) in [7, 11) is 0. The van der Waals surface area contributed by atoms with E-state index in [0.29, 0.717) is 21.9 Å². The third-order valence-electron chi connectivity index (χ3n) is 5.87. The molecule has 8 nitrogen and oxygen atoms in total. The van der Waals surface area contributed by atoms with Gasteiger partial charge in [0.05, 0.1) is 6.10 Å². The van der Waals surface area contributed by atoms with Crippen molar-refractivity contribution < 1.29 is 24.2 Å². The molecule has 2 aromatic rings. The van der Waals surface area contributed by atoms with E-state index in [0.717, 1.165) is 0 Å². The number of hydrogen-bond acceptors (Lipinski definition) is 5. The van der Waals surface area contributed by atoms with Gasteiger partial charge in [0, 0.05) is 30.1 Å². The van der Waals surface area contributed by atoms with Crippen LogP contribution in [0, 0.1) is 17.8 Å². The van der Waals surface area contributed by atoms with Crippen LogP contribution < -0.4 is 15.4 Å². The van der Waals surface area contributed by atoms with Crippen LogP contribution in [0.25, 0.3) is 0 Å². The van der Waals surface area contributed by atoms with Gasteiger partial charge in [-0.15, -0.1) is 6.42 Å². The van der Waals surface area contributed by atoms with Crippen LogP contribution in [-0.2, 0) is 16.1 Å². The topological polar surface area (TPSA) is 108 Å². The van der Waals surface area contributed by atoms with Crippen molar-refractivity contribution in [3.8, 4) is 18.1 Å². The van der Waals surface area contributed by atoms with Gasteiger partial charge < -0.3 is 25.4 Å². The number of para-hydroxylation sites is 1. The molecule has 3 rings (SSSR count). The Balaban J connectivity index is 1.71. The minimum atomic E-state index is -1.000. The van der Waals surface area contributed by atoms with E-state index in [2.05, 4.69) is 16.6 Å². The van der Waals surface area contributed by atoms with Crippen LogP contribution in [0.5, 0.6) is 5.75 Å². The highest BCUT2D eigenvalue weighted by molar-refractivity contribution is 6.31. The first-order chi connectivity index (χ1) is 17.0. The Morgan fingerprint density at radius 3 is 2.53 bits per heavy atom. The number of aliphatic hydroxyl groups excluding tert-OH is 1. The quantitative estimate of drug-likeness (QED) is 0.516. The fraction of sp³-hybridized carbons (Fsp3) is 0.370. The van der Waals surface area contributed by atoms with Crippen molar-refractivity contribution in [1.82, 2.24) is 15.5 Å². The summed E-state index contributed by atoms with van der Waals surface area (Å²) in [4.78, 5) is 40.5. The van der Waals surface area contributed by atoms with Crippen LogP contribution >= 0.6 is 11.6 Å².